The molecule has 1 heterocycles. The predicted molar refractivity (Wildman–Crippen MR) is 68.4 cm³/mol. The molecule has 0 spiro atoms. The van der Waals surface area contributed by atoms with Crippen LogP contribution in [0.2, 0.25) is 0 Å². The molecule has 0 radical (unpaired) electrons. The highest BCUT2D eigenvalue weighted by atomic mass is 15.2. The third kappa shape index (κ3) is 3.06. The number of hydrogen-bond acceptors (Lipinski definition) is 2. The Kier molecular flexibility index (Phi) is 3.97. The summed E-state index contributed by atoms with van der Waals surface area (Å²) in [7, 11) is 0. The lowest BCUT2D eigenvalue weighted by Gasteiger charge is -2.28. The van der Waals surface area contributed by atoms with Crippen molar-refractivity contribution >= 4 is 0 Å². The Balaban J connectivity index is 2.01. The molecule has 1 N–H and O–H groups in total. The highest BCUT2D eigenvalue weighted by Gasteiger charge is 2.20. The standard InChI is InChI=1S/C14H22N2/c1-12-10-16(13(2)8-9-15-12)11-14-6-4-3-5-7-14/h3-7,12-13,15H,8-11H2,1-2H3. The van der Waals surface area contributed by atoms with E-state index in [0.29, 0.717) is 12.1 Å². The van der Waals surface area contributed by atoms with Crippen LogP contribution in [-0.4, -0.2) is 30.1 Å². The highest BCUT2D eigenvalue weighted by molar-refractivity contribution is 5.14. The predicted octanol–water partition coefficient (Wildman–Crippen LogP) is 2.26. The Hall–Kier alpha value is -0.860. The Bertz CT molecular complexity index is 310. The van der Waals surface area contributed by atoms with Crippen molar-refractivity contribution in [3.8, 4) is 0 Å². The van der Waals surface area contributed by atoms with E-state index in [9.17, 15) is 0 Å². The van der Waals surface area contributed by atoms with Gasteiger partial charge in [0.15, 0.2) is 0 Å². The average Bonchev–Trinajstić information content (AvgIpc) is 2.43. The molecule has 0 saturated carbocycles. The molecule has 2 unspecified atom stereocenters. The molecule has 88 valence electrons. The van der Waals surface area contributed by atoms with Gasteiger partial charge in [-0.1, -0.05) is 30.3 Å². The maximum Gasteiger partial charge on any atom is 0.0237 e. The fraction of sp³-hybridized carbons (Fsp3) is 0.571. The van der Waals surface area contributed by atoms with Crippen LogP contribution < -0.4 is 5.32 Å². The molecule has 1 fully saturated rings. The zero-order valence-electron chi connectivity index (χ0n) is 10.3. The fourth-order valence-electron chi connectivity index (χ4n) is 2.36. The summed E-state index contributed by atoms with van der Waals surface area (Å²) in [5, 5.41) is 3.55. The Morgan fingerprint density at radius 1 is 1.25 bits per heavy atom. The Labute approximate surface area is 98.7 Å². The maximum absolute atomic E-state index is 3.55. The van der Waals surface area contributed by atoms with Crippen LogP contribution in [0.5, 0.6) is 0 Å². The first-order valence-electron chi connectivity index (χ1n) is 6.27. The molecule has 1 aromatic rings. The van der Waals surface area contributed by atoms with Crippen LogP contribution in [0.3, 0.4) is 0 Å². The summed E-state index contributed by atoms with van der Waals surface area (Å²) in [6, 6.07) is 12.1. The van der Waals surface area contributed by atoms with Crippen molar-refractivity contribution in [3.63, 3.8) is 0 Å². The van der Waals surface area contributed by atoms with Crippen molar-refractivity contribution in [1.82, 2.24) is 10.2 Å². The molecule has 2 rings (SSSR count). The lowest BCUT2D eigenvalue weighted by atomic mass is 10.1. The molecular weight excluding hydrogens is 196 g/mol. The molecule has 2 nitrogen and oxygen atoms in total. The number of nitrogens with one attached hydrogen (secondary N) is 1. The molecule has 0 aromatic heterocycles. The molecule has 0 aliphatic carbocycles. The second-order valence-electron chi connectivity index (χ2n) is 4.91. The number of benzene rings is 1. The first-order chi connectivity index (χ1) is 7.75. The second kappa shape index (κ2) is 5.46. The summed E-state index contributed by atoms with van der Waals surface area (Å²) in [5.41, 5.74) is 1.42. The van der Waals surface area contributed by atoms with Crippen molar-refractivity contribution in [3.05, 3.63) is 35.9 Å². The van der Waals surface area contributed by atoms with Crippen molar-refractivity contribution in [1.29, 1.82) is 0 Å². The molecule has 1 aromatic carbocycles. The fourth-order valence-corrected chi connectivity index (χ4v) is 2.36. The van der Waals surface area contributed by atoms with Crippen LogP contribution in [0.1, 0.15) is 25.8 Å². The molecule has 0 bridgehead atoms. The second-order valence-corrected chi connectivity index (χ2v) is 4.91. The van der Waals surface area contributed by atoms with E-state index < -0.39 is 0 Å². The van der Waals surface area contributed by atoms with Gasteiger partial charge < -0.3 is 5.32 Å². The van der Waals surface area contributed by atoms with Gasteiger partial charge in [0, 0.05) is 25.2 Å². The Morgan fingerprint density at radius 2 is 2.00 bits per heavy atom. The maximum atomic E-state index is 3.55. The van der Waals surface area contributed by atoms with Crippen molar-refractivity contribution in [2.45, 2.75) is 38.9 Å². The van der Waals surface area contributed by atoms with Gasteiger partial charge in [-0.3, -0.25) is 4.90 Å². The van der Waals surface area contributed by atoms with E-state index in [-0.39, 0.29) is 0 Å². The van der Waals surface area contributed by atoms with Crippen LogP contribution in [0.4, 0.5) is 0 Å². The number of hydrogen-bond donors (Lipinski definition) is 1. The zero-order chi connectivity index (χ0) is 11.4. The summed E-state index contributed by atoms with van der Waals surface area (Å²) in [6.07, 6.45) is 1.25. The van der Waals surface area contributed by atoms with Crippen LogP contribution in [0.15, 0.2) is 30.3 Å². The largest absolute Gasteiger partial charge is 0.313 e. The number of rotatable bonds is 2. The van der Waals surface area contributed by atoms with E-state index in [0.717, 1.165) is 19.6 Å². The minimum Gasteiger partial charge on any atom is -0.313 e. The van der Waals surface area contributed by atoms with Gasteiger partial charge in [0.1, 0.15) is 0 Å². The molecule has 2 heteroatoms. The lowest BCUT2D eigenvalue weighted by Crippen LogP contribution is -2.37. The first-order valence-corrected chi connectivity index (χ1v) is 6.27. The van der Waals surface area contributed by atoms with Gasteiger partial charge in [-0.25, -0.2) is 0 Å². The number of nitrogens with zero attached hydrogens (tertiary/aromatic N) is 1. The summed E-state index contributed by atoms with van der Waals surface area (Å²) in [4.78, 5) is 2.58. The minimum atomic E-state index is 0.605. The molecule has 0 amide bonds. The summed E-state index contributed by atoms with van der Waals surface area (Å²) in [5.74, 6) is 0. The van der Waals surface area contributed by atoms with Crippen LogP contribution >= 0.6 is 0 Å². The summed E-state index contributed by atoms with van der Waals surface area (Å²) >= 11 is 0. The highest BCUT2D eigenvalue weighted by Crippen LogP contribution is 2.13. The van der Waals surface area contributed by atoms with Crippen molar-refractivity contribution < 1.29 is 0 Å². The van der Waals surface area contributed by atoms with E-state index in [4.69, 9.17) is 0 Å². The first kappa shape index (κ1) is 11.6. The smallest absolute Gasteiger partial charge is 0.0237 e. The monoisotopic (exact) mass is 218 g/mol. The quantitative estimate of drug-likeness (QED) is 0.819. The summed E-state index contributed by atoms with van der Waals surface area (Å²) in [6.45, 7) is 7.98. The van der Waals surface area contributed by atoms with E-state index >= 15 is 0 Å². The van der Waals surface area contributed by atoms with Gasteiger partial charge in [0.2, 0.25) is 0 Å². The van der Waals surface area contributed by atoms with Gasteiger partial charge in [-0.05, 0) is 32.4 Å². The average molecular weight is 218 g/mol. The van der Waals surface area contributed by atoms with Crippen LogP contribution in [0, 0.1) is 0 Å². The topological polar surface area (TPSA) is 15.3 Å². The van der Waals surface area contributed by atoms with E-state index in [1.807, 2.05) is 0 Å². The third-order valence-electron chi connectivity index (χ3n) is 3.42. The molecule has 16 heavy (non-hydrogen) atoms. The van der Waals surface area contributed by atoms with Gasteiger partial charge >= 0.3 is 0 Å². The summed E-state index contributed by atoms with van der Waals surface area (Å²) < 4.78 is 0. The molecule has 2 atom stereocenters. The van der Waals surface area contributed by atoms with Gasteiger partial charge in [-0.15, -0.1) is 0 Å². The SMILES string of the molecule is CC1CN(Cc2ccccc2)C(C)CCN1. The van der Waals surface area contributed by atoms with E-state index in [2.05, 4.69) is 54.4 Å². The molecule has 1 aliphatic heterocycles. The third-order valence-corrected chi connectivity index (χ3v) is 3.42. The van der Waals surface area contributed by atoms with E-state index in [1.165, 1.54) is 12.0 Å². The minimum absolute atomic E-state index is 0.605. The van der Waals surface area contributed by atoms with Gasteiger partial charge in [0.05, 0.1) is 0 Å². The lowest BCUT2D eigenvalue weighted by molar-refractivity contribution is 0.199. The molecular formula is C14H22N2. The zero-order valence-corrected chi connectivity index (χ0v) is 10.3. The van der Waals surface area contributed by atoms with Gasteiger partial charge in [-0.2, -0.15) is 0 Å². The Morgan fingerprint density at radius 3 is 2.75 bits per heavy atom. The van der Waals surface area contributed by atoms with Crippen molar-refractivity contribution in [2.75, 3.05) is 13.1 Å². The van der Waals surface area contributed by atoms with Gasteiger partial charge in [0.25, 0.3) is 0 Å². The normalized spacial score (nSPS) is 27.6. The van der Waals surface area contributed by atoms with Crippen molar-refractivity contribution in [2.24, 2.45) is 0 Å². The molecule has 1 aliphatic rings. The molecule has 1 saturated heterocycles. The van der Waals surface area contributed by atoms with Crippen LogP contribution in [-0.2, 0) is 6.54 Å². The van der Waals surface area contributed by atoms with Crippen LogP contribution in [0.25, 0.3) is 0 Å². The van der Waals surface area contributed by atoms with E-state index in [1.54, 1.807) is 0 Å².